The van der Waals surface area contributed by atoms with Crippen LogP contribution in [0.2, 0.25) is 0 Å². The summed E-state index contributed by atoms with van der Waals surface area (Å²) in [6.07, 6.45) is 0.811. The Balaban J connectivity index is 4.52. The number of ether oxygens (including phenoxy) is 3. The maximum Gasteiger partial charge on any atom is 0.407 e. The number of unbranched alkanes of at least 4 members (excludes halogenated alkanes) is 3. The lowest BCUT2D eigenvalue weighted by Gasteiger charge is -2.18. The van der Waals surface area contributed by atoms with E-state index in [0.717, 1.165) is 25.7 Å². The molecule has 0 fully saturated rings. The second kappa shape index (κ2) is 13.3. The Morgan fingerprint density at radius 3 is 2.30 bits per heavy atom. The first-order valence-electron chi connectivity index (χ1n) is 8.52. The lowest BCUT2D eigenvalue weighted by atomic mass is 10.2. The van der Waals surface area contributed by atoms with E-state index in [1.165, 1.54) is 6.92 Å². The van der Waals surface area contributed by atoms with Crippen molar-refractivity contribution in [3.8, 4) is 0 Å². The summed E-state index contributed by atoms with van der Waals surface area (Å²) in [5.41, 5.74) is 0.132. The molecule has 0 bridgehead atoms. The van der Waals surface area contributed by atoms with E-state index in [4.69, 9.17) is 19.3 Å². The molecule has 0 aromatic rings. The number of hydrogen-bond donors (Lipinski definition) is 3. The minimum Gasteiger partial charge on any atom is -0.461 e. The molecule has 0 saturated heterocycles. The molecule has 0 aliphatic heterocycles. The van der Waals surface area contributed by atoms with Crippen LogP contribution in [0.3, 0.4) is 0 Å². The van der Waals surface area contributed by atoms with Crippen molar-refractivity contribution in [2.45, 2.75) is 45.6 Å². The second-order valence-electron chi connectivity index (χ2n) is 5.90. The minimum atomic E-state index is -4.57. The van der Waals surface area contributed by atoms with Crippen molar-refractivity contribution in [3.05, 3.63) is 12.2 Å². The van der Waals surface area contributed by atoms with Gasteiger partial charge in [-0.2, -0.15) is 0 Å². The van der Waals surface area contributed by atoms with Crippen LogP contribution < -0.4 is 5.32 Å². The molecule has 0 saturated carbocycles. The molecule has 156 valence electrons. The fourth-order valence-electron chi connectivity index (χ4n) is 1.74. The summed E-state index contributed by atoms with van der Waals surface area (Å²) in [7, 11) is -4.57. The fraction of sp³-hybridized carbons (Fsp3) is 0.688. The number of rotatable bonds is 13. The van der Waals surface area contributed by atoms with Crippen molar-refractivity contribution in [3.63, 3.8) is 0 Å². The van der Waals surface area contributed by atoms with Crippen LogP contribution in [-0.2, 0) is 28.4 Å². The summed E-state index contributed by atoms with van der Waals surface area (Å²) in [5.74, 6) is -1.88. The van der Waals surface area contributed by atoms with Gasteiger partial charge in [-0.05, 0) is 13.3 Å². The van der Waals surface area contributed by atoms with Gasteiger partial charge in [-0.1, -0.05) is 32.8 Å². The van der Waals surface area contributed by atoms with Crippen molar-refractivity contribution < 1.29 is 42.9 Å². The van der Waals surface area contributed by atoms with E-state index in [1.807, 2.05) is 0 Å². The molecule has 10 nitrogen and oxygen atoms in total. The molecular formula is C16H28NO9P. The summed E-state index contributed by atoms with van der Waals surface area (Å²) >= 11 is 0. The van der Waals surface area contributed by atoms with Crippen LogP contribution in [-0.4, -0.2) is 59.8 Å². The van der Waals surface area contributed by atoms with E-state index in [0.29, 0.717) is 6.54 Å². The Hall–Kier alpha value is -1.90. The summed E-state index contributed by atoms with van der Waals surface area (Å²) in [5, 5.41) is 2.52. The molecule has 0 radical (unpaired) electrons. The van der Waals surface area contributed by atoms with Crippen LogP contribution in [0.1, 0.15) is 39.5 Å². The van der Waals surface area contributed by atoms with Crippen LogP contribution >= 0.6 is 7.60 Å². The quantitative estimate of drug-likeness (QED) is 0.135. The average molecular weight is 409 g/mol. The van der Waals surface area contributed by atoms with Gasteiger partial charge in [0.1, 0.15) is 19.4 Å². The monoisotopic (exact) mass is 409 g/mol. The molecule has 0 aliphatic carbocycles. The fourth-order valence-corrected chi connectivity index (χ4v) is 2.17. The Kier molecular flexibility index (Phi) is 12.4. The summed E-state index contributed by atoms with van der Waals surface area (Å²) in [6.45, 7) is 6.37. The molecule has 0 aromatic carbocycles. The van der Waals surface area contributed by atoms with E-state index in [1.54, 1.807) is 0 Å². The van der Waals surface area contributed by atoms with Crippen molar-refractivity contribution in [2.24, 2.45) is 0 Å². The SMILES string of the molecule is C=C(C)C(=O)OCC(COC(=O)CP(=O)(O)O)OC(=O)NCCCCCC. The van der Waals surface area contributed by atoms with Gasteiger partial charge in [-0.3, -0.25) is 9.36 Å². The second-order valence-corrected chi connectivity index (χ2v) is 7.54. The van der Waals surface area contributed by atoms with Crippen LogP contribution in [0.5, 0.6) is 0 Å². The van der Waals surface area contributed by atoms with E-state index in [9.17, 15) is 18.9 Å². The van der Waals surface area contributed by atoms with Crippen LogP contribution in [0, 0.1) is 0 Å². The summed E-state index contributed by atoms with van der Waals surface area (Å²) < 4.78 is 25.4. The van der Waals surface area contributed by atoms with Gasteiger partial charge >= 0.3 is 25.6 Å². The highest BCUT2D eigenvalue weighted by molar-refractivity contribution is 7.52. The van der Waals surface area contributed by atoms with E-state index in [-0.39, 0.29) is 5.57 Å². The summed E-state index contributed by atoms with van der Waals surface area (Å²) in [4.78, 5) is 52.1. The molecular weight excluding hydrogens is 381 g/mol. The summed E-state index contributed by atoms with van der Waals surface area (Å²) in [6, 6.07) is 0. The highest BCUT2D eigenvalue weighted by Gasteiger charge is 2.23. The van der Waals surface area contributed by atoms with Gasteiger partial charge in [0.05, 0.1) is 0 Å². The van der Waals surface area contributed by atoms with Crippen LogP contribution in [0.25, 0.3) is 0 Å². The van der Waals surface area contributed by atoms with Gasteiger partial charge in [0.25, 0.3) is 0 Å². The maximum atomic E-state index is 11.8. The highest BCUT2D eigenvalue weighted by atomic mass is 31.2. The average Bonchev–Trinajstić information content (AvgIpc) is 2.55. The Morgan fingerprint density at radius 1 is 1.11 bits per heavy atom. The van der Waals surface area contributed by atoms with Gasteiger partial charge in [-0.15, -0.1) is 0 Å². The number of alkyl carbamates (subject to hydrolysis) is 1. The predicted octanol–water partition coefficient (Wildman–Crippen LogP) is 1.50. The lowest BCUT2D eigenvalue weighted by Crippen LogP contribution is -2.36. The molecule has 11 heteroatoms. The number of amides is 1. The number of esters is 2. The molecule has 1 atom stereocenters. The Labute approximate surface area is 158 Å². The normalized spacial score (nSPS) is 12.0. The van der Waals surface area contributed by atoms with E-state index in [2.05, 4.69) is 23.6 Å². The highest BCUT2D eigenvalue weighted by Crippen LogP contribution is 2.33. The zero-order valence-corrected chi connectivity index (χ0v) is 16.5. The van der Waals surface area contributed by atoms with E-state index >= 15 is 0 Å². The third kappa shape index (κ3) is 14.9. The molecule has 27 heavy (non-hydrogen) atoms. The third-order valence-corrected chi connectivity index (χ3v) is 3.76. The first-order chi connectivity index (χ1) is 12.5. The molecule has 0 aromatic heterocycles. The van der Waals surface area contributed by atoms with Gasteiger partial charge in [0, 0.05) is 12.1 Å². The zero-order valence-electron chi connectivity index (χ0n) is 15.6. The van der Waals surface area contributed by atoms with Gasteiger partial charge < -0.3 is 29.3 Å². The van der Waals surface area contributed by atoms with Crippen molar-refractivity contribution in [1.82, 2.24) is 5.32 Å². The Bertz CT molecular complexity index is 558. The molecule has 1 unspecified atom stereocenters. The van der Waals surface area contributed by atoms with E-state index < -0.39 is 51.1 Å². The predicted molar refractivity (Wildman–Crippen MR) is 96.1 cm³/mol. The molecule has 3 N–H and O–H groups in total. The third-order valence-electron chi connectivity index (χ3n) is 3.09. The van der Waals surface area contributed by atoms with Gasteiger partial charge in [-0.25, -0.2) is 9.59 Å². The molecule has 1 amide bonds. The van der Waals surface area contributed by atoms with Crippen molar-refractivity contribution in [1.29, 1.82) is 0 Å². The smallest absolute Gasteiger partial charge is 0.407 e. The Morgan fingerprint density at radius 2 is 1.74 bits per heavy atom. The zero-order chi connectivity index (χ0) is 20.9. The number of nitrogens with one attached hydrogen (secondary N) is 1. The first-order valence-corrected chi connectivity index (χ1v) is 10.3. The van der Waals surface area contributed by atoms with Crippen LogP contribution in [0.15, 0.2) is 12.2 Å². The molecule has 0 heterocycles. The topological polar surface area (TPSA) is 148 Å². The van der Waals surface area contributed by atoms with Crippen molar-refractivity contribution >= 4 is 25.6 Å². The number of carbonyl (C=O) groups is 3. The van der Waals surface area contributed by atoms with Crippen molar-refractivity contribution in [2.75, 3.05) is 25.9 Å². The molecule has 0 rings (SSSR count). The maximum absolute atomic E-state index is 11.8. The largest absolute Gasteiger partial charge is 0.461 e. The molecule has 0 aliphatic rings. The first kappa shape index (κ1) is 25.1. The minimum absolute atomic E-state index is 0.132. The molecule has 0 spiro atoms. The number of carbonyl (C=O) groups excluding carboxylic acids is 3. The van der Waals surface area contributed by atoms with Gasteiger partial charge in [0.2, 0.25) is 0 Å². The van der Waals surface area contributed by atoms with Gasteiger partial charge in [0.15, 0.2) is 6.10 Å². The lowest BCUT2D eigenvalue weighted by molar-refractivity contribution is -0.148. The standard InChI is InChI=1S/C16H28NO9P/c1-4-5-6-7-8-17-16(20)26-13(10-25-15(19)12(2)3)9-24-14(18)11-27(21,22)23/h13H,2,4-11H2,1,3H3,(H,17,20)(H2,21,22,23). The van der Waals surface area contributed by atoms with Crippen LogP contribution in [0.4, 0.5) is 4.79 Å². The number of hydrogen-bond acceptors (Lipinski definition) is 7.